The average Bonchev–Trinajstić information content (AvgIpc) is 2.93. The van der Waals surface area contributed by atoms with Gasteiger partial charge in [0.2, 0.25) is 0 Å². The zero-order valence-electron chi connectivity index (χ0n) is 23.3. The maximum atomic E-state index is 13.5. The molecule has 3 N–H and O–H groups in total. The molecule has 0 aliphatic carbocycles. The highest BCUT2D eigenvalue weighted by Gasteiger charge is 2.22. The molecule has 0 atom stereocenters. The monoisotopic (exact) mass is 541 g/mol. The van der Waals surface area contributed by atoms with Crippen molar-refractivity contribution in [2.75, 3.05) is 44.0 Å². The standard InChI is InChI=1S/C31H35N5O4/c1-31(2,3)24-11-10-20(19-36-13-15-40-16-14-36)17-25(24)33-30(38)34-27-26(21-7-5-8-22(18-21)39-4)23-9-6-12-32-28(23)35-29(27)37/h5-12,17-18H,13-16,19H2,1-4H3,(H,32,35,37)(H2,33,34,38). The Kier molecular flexibility index (Phi) is 7.86. The van der Waals surface area contributed by atoms with Crippen LogP contribution in [0.25, 0.3) is 22.2 Å². The van der Waals surface area contributed by atoms with E-state index >= 15 is 0 Å². The second-order valence-electron chi connectivity index (χ2n) is 10.9. The fourth-order valence-electron chi connectivity index (χ4n) is 5.05. The number of fused-ring (bicyclic) bond motifs is 1. The van der Waals surface area contributed by atoms with Gasteiger partial charge in [-0.1, -0.05) is 45.0 Å². The van der Waals surface area contributed by atoms with Crippen molar-refractivity contribution in [1.29, 1.82) is 0 Å². The van der Waals surface area contributed by atoms with Crippen molar-refractivity contribution < 1.29 is 14.3 Å². The highest BCUT2D eigenvalue weighted by molar-refractivity contribution is 6.07. The lowest BCUT2D eigenvalue weighted by Crippen LogP contribution is -2.35. The second-order valence-corrected chi connectivity index (χ2v) is 10.9. The van der Waals surface area contributed by atoms with E-state index in [1.165, 1.54) is 0 Å². The molecule has 208 valence electrons. The van der Waals surface area contributed by atoms with Gasteiger partial charge in [0.05, 0.1) is 20.3 Å². The van der Waals surface area contributed by atoms with Crippen LogP contribution < -0.4 is 20.9 Å². The molecule has 5 rings (SSSR count). The molecule has 2 aromatic carbocycles. The minimum absolute atomic E-state index is 0.132. The van der Waals surface area contributed by atoms with Crippen LogP contribution >= 0.6 is 0 Å². The van der Waals surface area contributed by atoms with Gasteiger partial charge in [-0.25, -0.2) is 9.78 Å². The smallest absolute Gasteiger partial charge is 0.323 e. The van der Waals surface area contributed by atoms with Crippen LogP contribution in [0, 0.1) is 0 Å². The van der Waals surface area contributed by atoms with Gasteiger partial charge < -0.3 is 25.1 Å². The van der Waals surface area contributed by atoms with Crippen molar-refractivity contribution in [3.63, 3.8) is 0 Å². The molecule has 1 saturated heterocycles. The van der Waals surface area contributed by atoms with Crippen molar-refractivity contribution in [1.82, 2.24) is 14.9 Å². The Labute approximate surface area is 233 Å². The van der Waals surface area contributed by atoms with Crippen LogP contribution in [0.4, 0.5) is 16.2 Å². The van der Waals surface area contributed by atoms with Gasteiger partial charge in [-0.3, -0.25) is 9.69 Å². The van der Waals surface area contributed by atoms with E-state index < -0.39 is 11.6 Å². The number of aromatic nitrogens is 2. The molecule has 0 spiro atoms. The topological polar surface area (TPSA) is 109 Å². The summed E-state index contributed by atoms with van der Waals surface area (Å²) in [7, 11) is 1.59. The first-order chi connectivity index (χ1) is 19.2. The van der Waals surface area contributed by atoms with Gasteiger partial charge in [0.1, 0.15) is 17.1 Å². The van der Waals surface area contributed by atoms with E-state index in [2.05, 4.69) is 58.4 Å². The predicted molar refractivity (Wildman–Crippen MR) is 158 cm³/mol. The molecule has 9 nitrogen and oxygen atoms in total. The maximum absolute atomic E-state index is 13.5. The first-order valence-corrected chi connectivity index (χ1v) is 13.4. The molecule has 1 aliphatic rings. The fourth-order valence-corrected chi connectivity index (χ4v) is 5.05. The van der Waals surface area contributed by atoms with Crippen LogP contribution in [0.3, 0.4) is 0 Å². The lowest BCUT2D eigenvalue weighted by Gasteiger charge is -2.28. The predicted octanol–water partition coefficient (Wildman–Crippen LogP) is 5.37. The summed E-state index contributed by atoms with van der Waals surface area (Å²) >= 11 is 0. The number of nitrogens with zero attached hydrogens (tertiary/aromatic N) is 2. The number of urea groups is 1. The third-order valence-corrected chi connectivity index (χ3v) is 7.03. The highest BCUT2D eigenvalue weighted by atomic mass is 16.5. The SMILES string of the molecule is COc1cccc(-c2c(NC(=O)Nc3cc(CN4CCOCC4)ccc3C(C)(C)C)c(=O)[nH]c3ncccc23)c1. The van der Waals surface area contributed by atoms with Crippen molar-refractivity contribution in [2.45, 2.75) is 32.7 Å². The van der Waals surface area contributed by atoms with Crippen molar-refractivity contribution in [3.05, 3.63) is 82.3 Å². The van der Waals surface area contributed by atoms with E-state index in [1.807, 2.05) is 36.4 Å². The van der Waals surface area contributed by atoms with Gasteiger partial charge in [-0.2, -0.15) is 0 Å². The number of ether oxygens (including phenoxy) is 2. The van der Waals surface area contributed by atoms with Gasteiger partial charge >= 0.3 is 6.03 Å². The molecule has 1 aliphatic heterocycles. The van der Waals surface area contributed by atoms with Gasteiger partial charge in [-0.15, -0.1) is 0 Å². The molecule has 9 heteroatoms. The Balaban J connectivity index is 1.50. The van der Waals surface area contributed by atoms with Crippen LogP contribution in [0.15, 0.2) is 65.6 Å². The number of pyridine rings is 2. The van der Waals surface area contributed by atoms with E-state index in [4.69, 9.17) is 9.47 Å². The van der Waals surface area contributed by atoms with Crippen LogP contribution in [-0.2, 0) is 16.7 Å². The summed E-state index contributed by atoms with van der Waals surface area (Å²) in [5.74, 6) is 0.636. The molecule has 3 heterocycles. The number of rotatable bonds is 6. The van der Waals surface area contributed by atoms with Gasteiger partial charge in [0.25, 0.3) is 5.56 Å². The summed E-state index contributed by atoms with van der Waals surface area (Å²) < 4.78 is 10.9. The zero-order chi connectivity index (χ0) is 28.3. The summed E-state index contributed by atoms with van der Waals surface area (Å²) in [6.45, 7) is 10.3. The number of hydrogen-bond donors (Lipinski definition) is 3. The molecular weight excluding hydrogens is 506 g/mol. The molecular formula is C31H35N5O4. The molecule has 0 unspecified atom stereocenters. The molecule has 0 radical (unpaired) electrons. The molecule has 0 saturated carbocycles. The number of aromatic amines is 1. The first kappa shape index (κ1) is 27.4. The number of methoxy groups -OCH3 is 1. The van der Waals surface area contributed by atoms with E-state index in [9.17, 15) is 9.59 Å². The number of carbonyl (C=O) groups excluding carboxylic acids is 1. The lowest BCUT2D eigenvalue weighted by molar-refractivity contribution is 0.0342. The Morgan fingerprint density at radius 3 is 2.62 bits per heavy atom. The van der Waals surface area contributed by atoms with Gasteiger partial charge in [-0.05, 0) is 52.4 Å². The Morgan fingerprint density at radius 1 is 1.07 bits per heavy atom. The van der Waals surface area contributed by atoms with E-state index in [0.717, 1.165) is 49.5 Å². The minimum atomic E-state index is -0.507. The van der Waals surface area contributed by atoms with Crippen LogP contribution in [0.1, 0.15) is 31.9 Å². The second kappa shape index (κ2) is 11.5. The third kappa shape index (κ3) is 6.00. The number of H-pyrrole nitrogens is 1. The lowest BCUT2D eigenvalue weighted by atomic mass is 9.85. The van der Waals surface area contributed by atoms with E-state index in [1.54, 1.807) is 19.4 Å². The van der Waals surface area contributed by atoms with Crippen molar-refractivity contribution in [2.24, 2.45) is 0 Å². The molecule has 40 heavy (non-hydrogen) atoms. The largest absolute Gasteiger partial charge is 0.497 e. The number of amides is 2. The normalized spacial score (nSPS) is 14.2. The van der Waals surface area contributed by atoms with Crippen molar-refractivity contribution in [3.8, 4) is 16.9 Å². The fraction of sp³-hybridized carbons (Fsp3) is 0.323. The molecule has 4 aromatic rings. The summed E-state index contributed by atoms with van der Waals surface area (Å²) in [5, 5.41) is 6.58. The summed E-state index contributed by atoms with van der Waals surface area (Å²) in [5.41, 5.74) is 4.00. The Hall–Kier alpha value is -4.21. The quantitative estimate of drug-likeness (QED) is 0.303. The maximum Gasteiger partial charge on any atom is 0.323 e. The van der Waals surface area contributed by atoms with E-state index in [-0.39, 0.29) is 11.1 Å². The zero-order valence-corrected chi connectivity index (χ0v) is 23.3. The van der Waals surface area contributed by atoms with Crippen LogP contribution in [0.5, 0.6) is 5.75 Å². The Bertz CT molecular complexity index is 1590. The molecule has 2 amide bonds. The average molecular weight is 542 g/mol. The Morgan fingerprint density at radius 2 is 1.88 bits per heavy atom. The van der Waals surface area contributed by atoms with Gasteiger partial charge in [0.15, 0.2) is 0 Å². The number of anilines is 2. The summed E-state index contributed by atoms with van der Waals surface area (Å²) in [6.07, 6.45) is 1.62. The molecule has 2 aromatic heterocycles. The third-order valence-electron chi connectivity index (χ3n) is 7.03. The highest BCUT2D eigenvalue weighted by Crippen LogP contribution is 2.34. The number of hydrogen-bond acceptors (Lipinski definition) is 6. The van der Waals surface area contributed by atoms with E-state index in [0.29, 0.717) is 28.0 Å². The number of morpholine rings is 1. The van der Waals surface area contributed by atoms with Crippen LogP contribution in [0.2, 0.25) is 0 Å². The van der Waals surface area contributed by atoms with Gasteiger partial charge in [0, 0.05) is 42.5 Å². The number of carbonyl (C=O) groups is 1. The number of benzene rings is 2. The molecule has 0 bridgehead atoms. The van der Waals surface area contributed by atoms with Crippen molar-refractivity contribution >= 4 is 28.4 Å². The number of nitrogens with one attached hydrogen (secondary N) is 3. The minimum Gasteiger partial charge on any atom is -0.497 e. The van der Waals surface area contributed by atoms with Crippen LogP contribution in [-0.4, -0.2) is 54.3 Å². The summed E-state index contributed by atoms with van der Waals surface area (Å²) in [6, 6.07) is 16.7. The summed E-state index contributed by atoms with van der Waals surface area (Å²) in [4.78, 5) is 36.3. The first-order valence-electron chi connectivity index (χ1n) is 13.4. The molecule has 1 fully saturated rings.